The minimum atomic E-state index is -1.11. The van der Waals surface area contributed by atoms with Crippen molar-refractivity contribution >= 4 is 17.9 Å². The van der Waals surface area contributed by atoms with Gasteiger partial charge in [-0.2, -0.15) is 0 Å². The lowest BCUT2D eigenvalue weighted by Crippen LogP contribution is -2.55. The van der Waals surface area contributed by atoms with Gasteiger partial charge in [-0.15, -0.1) is 0 Å². The second-order valence-corrected chi connectivity index (χ2v) is 8.62. The molecular formula is C20H21F3N4O3S. The average molecular weight is 454 g/mol. The van der Waals surface area contributed by atoms with Gasteiger partial charge in [0.25, 0.3) is 5.88 Å². The lowest BCUT2D eigenvalue weighted by atomic mass is 9.82. The second kappa shape index (κ2) is 8.56. The number of hydrogen-bond donors (Lipinski definition) is 1. The van der Waals surface area contributed by atoms with E-state index >= 15 is 4.39 Å². The number of ether oxygens (including phenoxy) is 3. The molecule has 0 saturated carbocycles. The molecule has 0 unspecified atom stereocenters. The van der Waals surface area contributed by atoms with Gasteiger partial charge in [-0.05, 0) is 36.6 Å². The number of nitrogens with two attached hydrogens (primary N) is 1. The maximum atomic E-state index is 15.1. The van der Waals surface area contributed by atoms with Gasteiger partial charge in [0.1, 0.15) is 22.9 Å². The number of fused-ring (bicyclic) bond motifs is 1. The highest BCUT2D eigenvalue weighted by Crippen LogP contribution is 2.48. The third kappa shape index (κ3) is 4.17. The van der Waals surface area contributed by atoms with E-state index in [0.717, 1.165) is 6.20 Å². The number of methoxy groups -OCH3 is 1. The fraction of sp³-hybridized carbons (Fsp3) is 0.400. The molecule has 1 aromatic heterocycles. The van der Waals surface area contributed by atoms with Gasteiger partial charge in [0.15, 0.2) is 5.82 Å². The molecule has 166 valence electrons. The van der Waals surface area contributed by atoms with E-state index in [2.05, 4.69) is 9.98 Å². The van der Waals surface area contributed by atoms with Gasteiger partial charge in [0.05, 0.1) is 30.8 Å². The smallest absolute Gasteiger partial charge is 0.256 e. The summed E-state index contributed by atoms with van der Waals surface area (Å²) < 4.78 is 60.5. The molecule has 1 saturated heterocycles. The number of guanidine groups is 1. The Morgan fingerprint density at radius 1 is 1.29 bits per heavy atom. The van der Waals surface area contributed by atoms with Crippen molar-refractivity contribution < 1.29 is 27.4 Å². The van der Waals surface area contributed by atoms with Gasteiger partial charge in [-0.1, -0.05) is 0 Å². The molecule has 0 amide bonds. The number of aliphatic imine (C=N–C) groups is 1. The number of pyridine rings is 1. The highest BCUT2D eigenvalue weighted by molar-refractivity contribution is 7.98. The standard InChI is InChI=1S/C20H21F3N4O3S/c1-27-19(24)26-20(10-29-13(9-28-2)7-17(20)31-27)14-6-12(3-4-15(14)22)30-18-16(23)5-11(21)8-25-18/h3-6,8,13,17H,7,9-10H2,1-2H3,(H2,24,26)/t13-,17-,20-/m1/s1. The molecule has 3 heterocycles. The van der Waals surface area contributed by atoms with Crippen molar-refractivity contribution in [3.8, 4) is 11.6 Å². The predicted molar refractivity (Wildman–Crippen MR) is 109 cm³/mol. The van der Waals surface area contributed by atoms with Crippen molar-refractivity contribution in [1.29, 1.82) is 0 Å². The molecule has 0 aliphatic carbocycles. The zero-order chi connectivity index (χ0) is 22.2. The van der Waals surface area contributed by atoms with Crippen LogP contribution in [-0.2, 0) is 15.0 Å². The Kier molecular flexibility index (Phi) is 6.00. The topological polar surface area (TPSA) is 82.2 Å². The van der Waals surface area contributed by atoms with Crippen LogP contribution in [0.4, 0.5) is 13.2 Å². The van der Waals surface area contributed by atoms with Crippen LogP contribution in [0.1, 0.15) is 12.0 Å². The molecule has 31 heavy (non-hydrogen) atoms. The van der Waals surface area contributed by atoms with E-state index in [1.165, 1.54) is 30.1 Å². The van der Waals surface area contributed by atoms with E-state index in [-0.39, 0.29) is 35.2 Å². The van der Waals surface area contributed by atoms with Crippen molar-refractivity contribution in [2.75, 3.05) is 27.4 Å². The summed E-state index contributed by atoms with van der Waals surface area (Å²) in [5, 5.41) is -0.191. The van der Waals surface area contributed by atoms with Crippen LogP contribution in [0.15, 0.2) is 35.5 Å². The molecule has 2 N–H and O–H groups in total. The molecule has 4 rings (SSSR count). The van der Waals surface area contributed by atoms with Crippen LogP contribution in [0.5, 0.6) is 11.6 Å². The zero-order valence-electron chi connectivity index (χ0n) is 16.8. The summed E-state index contributed by atoms with van der Waals surface area (Å²) in [6.07, 6.45) is 1.22. The van der Waals surface area contributed by atoms with Crippen LogP contribution in [0.3, 0.4) is 0 Å². The van der Waals surface area contributed by atoms with E-state index < -0.39 is 28.9 Å². The summed E-state index contributed by atoms with van der Waals surface area (Å²) in [5.41, 5.74) is 5.17. The Morgan fingerprint density at radius 2 is 2.10 bits per heavy atom. The van der Waals surface area contributed by atoms with Crippen LogP contribution >= 0.6 is 11.9 Å². The average Bonchev–Trinajstić information content (AvgIpc) is 2.73. The summed E-state index contributed by atoms with van der Waals surface area (Å²) >= 11 is 1.44. The first kappa shape index (κ1) is 21.7. The first-order valence-electron chi connectivity index (χ1n) is 9.47. The van der Waals surface area contributed by atoms with Crippen molar-refractivity contribution in [3.63, 3.8) is 0 Å². The Bertz CT molecular complexity index is 1010. The van der Waals surface area contributed by atoms with Crippen molar-refractivity contribution in [2.24, 2.45) is 10.7 Å². The number of hydrogen-bond acceptors (Lipinski definition) is 8. The van der Waals surface area contributed by atoms with E-state index in [4.69, 9.17) is 19.9 Å². The van der Waals surface area contributed by atoms with E-state index in [9.17, 15) is 8.78 Å². The predicted octanol–water partition coefficient (Wildman–Crippen LogP) is 3.20. The first-order chi connectivity index (χ1) is 14.8. The van der Waals surface area contributed by atoms with E-state index in [1.54, 1.807) is 18.5 Å². The second-order valence-electron chi connectivity index (χ2n) is 7.29. The van der Waals surface area contributed by atoms with Gasteiger partial charge in [0, 0.05) is 25.8 Å². The molecule has 1 aromatic carbocycles. The Hall–Kier alpha value is -2.50. The molecule has 7 nitrogen and oxygen atoms in total. The summed E-state index contributed by atoms with van der Waals surface area (Å²) in [4.78, 5) is 8.23. The van der Waals surface area contributed by atoms with Crippen LogP contribution in [-0.4, -0.2) is 54.0 Å². The van der Waals surface area contributed by atoms with Gasteiger partial charge >= 0.3 is 0 Å². The third-order valence-corrected chi connectivity index (χ3v) is 6.56. The molecule has 0 spiro atoms. The van der Waals surface area contributed by atoms with Gasteiger partial charge < -0.3 is 19.9 Å². The highest BCUT2D eigenvalue weighted by atomic mass is 32.2. The van der Waals surface area contributed by atoms with Crippen LogP contribution in [0.2, 0.25) is 0 Å². The summed E-state index contributed by atoms with van der Waals surface area (Å²) in [6, 6.07) is 4.62. The third-order valence-electron chi connectivity index (χ3n) is 5.22. The SMILES string of the molecule is COC[C@H]1C[C@H]2SN(C)C(N)=N[C@@]2(c2cc(Oc3ncc(F)cc3F)ccc2F)CO1. The largest absolute Gasteiger partial charge is 0.436 e. The summed E-state index contributed by atoms with van der Waals surface area (Å²) in [7, 11) is 3.37. The number of aromatic nitrogens is 1. The molecular weight excluding hydrogens is 433 g/mol. The summed E-state index contributed by atoms with van der Waals surface area (Å²) in [5.74, 6) is -2.40. The minimum Gasteiger partial charge on any atom is -0.436 e. The molecule has 0 bridgehead atoms. The van der Waals surface area contributed by atoms with Gasteiger partial charge in [0.2, 0.25) is 5.96 Å². The quantitative estimate of drug-likeness (QED) is 0.695. The Labute approximate surface area is 181 Å². The van der Waals surface area contributed by atoms with Gasteiger partial charge in [-0.3, -0.25) is 4.31 Å². The first-order valence-corrected chi connectivity index (χ1v) is 10.3. The molecule has 3 atom stereocenters. The molecule has 2 aliphatic heterocycles. The van der Waals surface area contributed by atoms with Crippen molar-refractivity contribution in [3.05, 3.63) is 53.5 Å². The van der Waals surface area contributed by atoms with Crippen LogP contribution < -0.4 is 10.5 Å². The fourth-order valence-electron chi connectivity index (χ4n) is 3.70. The minimum absolute atomic E-state index is 0.0801. The lowest BCUT2D eigenvalue weighted by molar-refractivity contribution is -0.0596. The van der Waals surface area contributed by atoms with Crippen molar-refractivity contribution in [1.82, 2.24) is 9.29 Å². The van der Waals surface area contributed by atoms with Crippen LogP contribution in [0, 0.1) is 17.5 Å². The monoisotopic (exact) mass is 454 g/mol. The highest BCUT2D eigenvalue weighted by Gasteiger charge is 2.51. The normalized spacial score (nSPS) is 25.7. The van der Waals surface area contributed by atoms with Gasteiger partial charge in [-0.25, -0.2) is 23.1 Å². The maximum Gasteiger partial charge on any atom is 0.256 e. The molecule has 1 fully saturated rings. The Morgan fingerprint density at radius 3 is 2.84 bits per heavy atom. The molecule has 0 radical (unpaired) electrons. The number of halogens is 3. The van der Waals surface area contributed by atoms with E-state index in [1.807, 2.05) is 0 Å². The Balaban J connectivity index is 1.73. The lowest BCUT2D eigenvalue weighted by Gasteiger charge is -2.47. The number of nitrogens with zero attached hydrogens (tertiary/aromatic N) is 3. The van der Waals surface area contributed by atoms with E-state index in [0.29, 0.717) is 19.1 Å². The van der Waals surface area contributed by atoms with Crippen molar-refractivity contribution in [2.45, 2.75) is 23.3 Å². The molecule has 2 aliphatic rings. The number of rotatable bonds is 5. The zero-order valence-corrected chi connectivity index (χ0v) is 17.7. The molecule has 11 heteroatoms. The molecule has 2 aromatic rings. The fourth-order valence-corrected chi connectivity index (χ4v) is 4.95. The summed E-state index contributed by atoms with van der Waals surface area (Å²) in [6.45, 7) is 0.480. The maximum absolute atomic E-state index is 15.1. The van der Waals surface area contributed by atoms with Crippen LogP contribution in [0.25, 0.3) is 0 Å². The number of benzene rings is 1.